The summed E-state index contributed by atoms with van der Waals surface area (Å²) in [7, 11) is 0. The molecule has 4 unspecified atom stereocenters. The standard InChI is InChI=1S/C12H21N/c1-2-4-12-9-13-6-5-10(8-13)7-11(12)3-1/h10-12H,1-9H2. The highest BCUT2D eigenvalue weighted by molar-refractivity contribution is 4.88. The molecule has 3 rings (SSSR count). The van der Waals surface area contributed by atoms with Crippen LogP contribution in [0.1, 0.15) is 38.5 Å². The van der Waals surface area contributed by atoms with Crippen molar-refractivity contribution in [2.75, 3.05) is 19.6 Å². The highest BCUT2D eigenvalue weighted by Crippen LogP contribution is 2.40. The maximum absolute atomic E-state index is 2.74. The molecule has 0 aromatic heterocycles. The number of hydrogen-bond acceptors (Lipinski definition) is 1. The van der Waals surface area contributed by atoms with Crippen LogP contribution in [0.4, 0.5) is 0 Å². The van der Waals surface area contributed by atoms with Crippen molar-refractivity contribution in [1.29, 1.82) is 0 Å². The van der Waals surface area contributed by atoms with Crippen molar-refractivity contribution in [1.82, 2.24) is 4.90 Å². The summed E-state index contributed by atoms with van der Waals surface area (Å²) in [6.45, 7) is 4.29. The molecule has 0 N–H and O–H groups in total. The molecule has 4 atom stereocenters. The maximum Gasteiger partial charge on any atom is 0.00124 e. The highest BCUT2D eigenvalue weighted by atomic mass is 15.2. The van der Waals surface area contributed by atoms with E-state index >= 15 is 0 Å². The van der Waals surface area contributed by atoms with Crippen molar-refractivity contribution in [3.63, 3.8) is 0 Å². The third-order valence-corrected chi connectivity index (χ3v) is 4.57. The van der Waals surface area contributed by atoms with Gasteiger partial charge < -0.3 is 4.90 Å². The van der Waals surface area contributed by atoms with E-state index in [2.05, 4.69) is 4.90 Å². The van der Waals surface area contributed by atoms with E-state index in [0.29, 0.717) is 0 Å². The predicted octanol–water partition coefficient (Wildman–Crippen LogP) is 2.52. The van der Waals surface area contributed by atoms with Gasteiger partial charge in [0.1, 0.15) is 0 Å². The lowest BCUT2D eigenvalue weighted by molar-refractivity contribution is 0.174. The summed E-state index contributed by atoms with van der Waals surface area (Å²) in [6.07, 6.45) is 9.20. The zero-order chi connectivity index (χ0) is 8.67. The Kier molecular flexibility index (Phi) is 2.08. The Labute approximate surface area is 81.5 Å². The largest absolute Gasteiger partial charge is 0.303 e. The van der Waals surface area contributed by atoms with Crippen LogP contribution in [0.5, 0.6) is 0 Å². The Morgan fingerprint density at radius 3 is 2.62 bits per heavy atom. The lowest BCUT2D eigenvalue weighted by Gasteiger charge is -2.33. The van der Waals surface area contributed by atoms with E-state index in [0.717, 1.165) is 17.8 Å². The minimum Gasteiger partial charge on any atom is -0.303 e. The van der Waals surface area contributed by atoms with Gasteiger partial charge in [-0.25, -0.2) is 0 Å². The average Bonchev–Trinajstić information content (AvgIpc) is 2.48. The van der Waals surface area contributed by atoms with E-state index in [4.69, 9.17) is 0 Å². The quantitative estimate of drug-likeness (QED) is 0.552. The Bertz CT molecular complexity index is 170. The summed E-state index contributed by atoms with van der Waals surface area (Å²) in [5.74, 6) is 3.27. The molecule has 1 saturated carbocycles. The van der Waals surface area contributed by atoms with E-state index in [9.17, 15) is 0 Å². The smallest absolute Gasteiger partial charge is 0.00124 e. The Morgan fingerprint density at radius 1 is 0.846 bits per heavy atom. The molecule has 3 fully saturated rings. The molecule has 0 radical (unpaired) electrons. The lowest BCUT2D eigenvalue weighted by atomic mass is 9.75. The number of hydrogen-bond donors (Lipinski definition) is 0. The molecule has 1 aliphatic carbocycles. The van der Waals surface area contributed by atoms with Crippen LogP contribution in [-0.4, -0.2) is 24.5 Å². The number of fused-ring (bicyclic) bond motifs is 3. The second-order valence-corrected chi connectivity index (χ2v) is 5.45. The average molecular weight is 179 g/mol. The number of nitrogens with zero attached hydrogens (tertiary/aromatic N) is 1. The van der Waals surface area contributed by atoms with E-state index < -0.39 is 0 Å². The SMILES string of the molecule is C1CCC2CN3CCC(CC2C1)C3. The molecule has 3 aliphatic rings. The van der Waals surface area contributed by atoms with Crippen molar-refractivity contribution in [3.8, 4) is 0 Å². The van der Waals surface area contributed by atoms with E-state index in [1.165, 1.54) is 45.3 Å². The fourth-order valence-corrected chi connectivity index (χ4v) is 3.87. The van der Waals surface area contributed by atoms with Gasteiger partial charge in [0.05, 0.1) is 0 Å². The maximum atomic E-state index is 2.74. The van der Waals surface area contributed by atoms with Crippen LogP contribution >= 0.6 is 0 Å². The fraction of sp³-hybridized carbons (Fsp3) is 1.00. The zero-order valence-electron chi connectivity index (χ0n) is 8.54. The monoisotopic (exact) mass is 179 g/mol. The molecule has 0 aromatic carbocycles. The third-order valence-electron chi connectivity index (χ3n) is 4.57. The first-order chi connectivity index (χ1) is 6.42. The van der Waals surface area contributed by atoms with Gasteiger partial charge in [-0.3, -0.25) is 0 Å². The molecule has 0 spiro atoms. The van der Waals surface area contributed by atoms with Crippen molar-refractivity contribution >= 4 is 0 Å². The van der Waals surface area contributed by atoms with Gasteiger partial charge in [-0.05, 0) is 43.6 Å². The molecule has 1 nitrogen and oxygen atoms in total. The van der Waals surface area contributed by atoms with Crippen LogP contribution in [0.3, 0.4) is 0 Å². The van der Waals surface area contributed by atoms with Crippen LogP contribution in [0.15, 0.2) is 0 Å². The van der Waals surface area contributed by atoms with Crippen LogP contribution < -0.4 is 0 Å². The summed E-state index contributed by atoms with van der Waals surface area (Å²) in [6, 6.07) is 0. The van der Waals surface area contributed by atoms with Crippen molar-refractivity contribution < 1.29 is 0 Å². The van der Waals surface area contributed by atoms with Crippen LogP contribution in [-0.2, 0) is 0 Å². The van der Waals surface area contributed by atoms with Gasteiger partial charge >= 0.3 is 0 Å². The van der Waals surface area contributed by atoms with Crippen molar-refractivity contribution in [3.05, 3.63) is 0 Å². The van der Waals surface area contributed by atoms with Crippen molar-refractivity contribution in [2.24, 2.45) is 17.8 Å². The van der Waals surface area contributed by atoms with Gasteiger partial charge in [0.25, 0.3) is 0 Å². The van der Waals surface area contributed by atoms with Crippen LogP contribution in [0.25, 0.3) is 0 Å². The van der Waals surface area contributed by atoms with Gasteiger partial charge in [-0.2, -0.15) is 0 Å². The van der Waals surface area contributed by atoms with Gasteiger partial charge in [0.2, 0.25) is 0 Å². The topological polar surface area (TPSA) is 3.24 Å². The van der Waals surface area contributed by atoms with E-state index in [1.54, 1.807) is 12.8 Å². The summed E-state index contributed by atoms with van der Waals surface area (Å²) in [4.78, 5) is 2.74. The fourth-order valence-electron chi connectivity index (χ4n) is 3.87. The first kappa shape index (κ1) is 8.28. The molecular weight excluding hydrogens is 158 g/mol. The first-order valence-electron chi connectivity index (χ1n) is 6.14. The molecule has 2 heterocycles. The Hall–Kier alpha value is -0.0400. The normalized spacial score (nSPS) is 49.8. The summed E-state index contributed by atoms with van der Waals surface area (Å²) < 4.78 is 0. The van der Waals surface area contributed by atoms with Gasteiger partial charge in [0, 0.05) is 13.1 Å². The van der Waals surface area contributed by atoms with Crippen LogP contribution in [0.2, 0.25) is 0 Å². The summed E-state index contributed by atoms with van der Waals surface area (Å²) in [5, 5.41) is 0. The molecule has 2 bridgehead atoms. The van der Waals surface area contributed by atoms with E-state index in [1.807, 2.05) is 0 Å². The van der Waals surface area contributed by atoms with Crippen LogP contribution in [0, 0.1) is 17.8 Å². The minimum atomic E-state index is 1.08. The van der Waals surface area contributed by atoms with Gasteiger partial charge in [-0.15, -0.1) is 0 Å². The third kappa shape index (κ3) is 1.52. The molecule has 74 valence electrons. The highest BCUT2D eigenvalue weighted by Gasteiger charge is 2.35. The Balaban J connectivity index is 1.75. The Morgan fingerprint density at radius 2 is 1.69 bits per heavy atom. The minimum absolute atomic E-state index is 1.08. The molecule has 13 heavy (non-hydrogen) atoms. The molecule has 0 aromatic rings. The molecular formula is C12H21N. The lowest BCUT2D eigenvalue weighted by Crippen LogP contribution is -2.30. The zero-order valence-corrected chi connectivity index (χ0v) is 8.54. The molecule has 2 aliphatic heterocycles. The second-order valence-electron chi connectivity index (χ2n) is 5.45. The molecule has 2 saturated heterocycles. The summed E-state index contributed by atoms with van der Waals surface area (Å²) >= 11 is 0. The van der Waals surface area contributed by atoms with Gasteiger partial charge in [-0.1, -0.05) is 19.3 Å². The predicted molar refractivity (Wildman–Crippen MR) is 54.6 cm³/mol. The molecule has 0 amide bonds. The van der Waals surface area contributed by atoms with E-state index in [-0.39, 0.29) is 0 Å². The van der Waals surface area contributed by atoms with Crippen molar-refractivity contribution in [2.45, 2.75) is 38.5 Å². The summed E-state index contributed by atoms with van der Waals surface area (Å²) in [5.41, 5.74) is 0. The first-order valence-corrected chi connectivity index (χ1v) is 6.14. The molecule has 1 heteroatoms. The van der Waals surface area contributed by atoms with Gasteiger partial charge in [0.15, 0.2) is 0 Å². The second kappa shape index (κ2) is 3.27. The number of rotatable bonds is 0.